The van der Waals surface area contributed by atoms with Crippen LogP contribution in [0.3, 0.4) is 0 Å². The van der Waals surface area contributed by atoms with E-state index < -0.39 is 0 Å². The van der Waals surface area contributed by atoms with E-state index >= 15 is 0 Å². The van der Waals surface area contributed by atoms with Crippen molar-refractivity contribution in [2.75, 3.05) is 13.1 Å². The minimum Gasteiger partial charge on any atom is -0.285 e. The van der Waals surface area contributed by atoms with Crippen LogP contribution in [0.25, 0.3) is 0 Å². The molecule has 0 saturated carbocycles. The molecular weight excluding hydrogens is 276 g/mol. The summed E-state index contributed by atoms with van der Waals surface area (Å²) in [5.41, 5.74) is 1.08. The minimum absolute atomic E-state index is 0.125. The van der Waals surface area contributed by atoms with Gasteiger partial charge < -0.3 is 0 Å². The van der Waals surface area contributed by atoms with Gasteiger partial charge in [-0.15, -0.1) is 0 Å². The van der Waals surface area contributed by atoms with Gasteiger partial charge in [-0.2, -0.15) is 5.26 Å². The molecule has 0 bridgehead atoms. The average molecular weight is 295 g/mol. The summed E-state index contributed by atoms with van der Waals surface area (Å²) in [6, 6.07) is 10.3. The van der Waals surface area contributed by atoms with Crippen molar-refractivity contribution < 1.29 is 0 Å². The number of nitriles is 1. The van der Waals surface area contributed by atoms with Gasteiger partial charge in [0, 0.05) is 4.47 Å². The van der Waals surface area contributed by atoms with Gasteiger partial charge in [-0.1, -0.05) is 48.3 Å². The van der Waals surface area contributed by atoms with Gasteiger partial charge in [0.05, 0.1) is 6.07 Å². The number of hydrogen-bond acceptors (Lipinski definition) is 2. The van der Waals surface area contributed by atoms with Gasteiger partial charge in [-0.3, -0.25) is 4.90 Å². The van der Waals surface area contributed by atoms with E-state index in [-0.39, 0.29) is 6.04 Å². The Labute approximate surface area is 112 Å². The summed E-state index contributed by atoms with van der Waals surface area (Å²) < 4.78 is 1.05. The third-order valence-corrected chi connectivity index (χ3v) is 3.41. The molecule has 0 spiro atoms. The molecule has 0 aliphatic carbocycles. The lowest BCUT2D eigenvalue weighted by atomic mass is 10.1. The van der Waals surface area contributed by atoms with Crippen LogP contribution in [0, 0.1) is 11.3 Å². The van der Waals surface area contributed by atoms with Crippen LogP contribution in [-0.4, -0.2) is 18.0 Å². The molecule has 1 rings (SSSR count). The van der Waals surface area contributed by atoms with Gasteiger partial charge in [0.25, 0.3) is 0 Å². The molecule has 0 heterocycles. The highest BCUT2D eigenvalue weighted by Gasteiger charge is 2.17. The van der Waals surface area contributed by atoms with Crippen LogP contribution in [0.15, 0.2) is 28.7 Å². The molecule has 17 heavy (non-hydrogen) atoms. The molecule has 0 aliphatic heterocycles. The number of unbranched alkanes of at least 4 members (excludes halogenated alkanes) is 1. The van der Waals surface area contributed by atoms with Gasteiger partial charge in [0.1, 0.15) is 6.04 Å². The van der Waals surface area contributed by atoms with Crippen molar-refractivity contribution in [3.63, 3.8) is 0 Å². The summed E-state index contributed by atoms with van der Waals surface area (Å²) in [6.45, 7) is 6.18. The second kappa shape index (κ2) is 7.47. The van der Waals surface area contributed by atoms with Crippen LogP contribution < -0.4 is 0 Å². The van der Waals surface area contributed by atoms with E-state index in [1.165, 1.54) is 0 Å². The predicted octanol–water partition coefficient (Wildman–Crippen LogP) is 4.14. The van der Waals surface area contributed by atoms with Crippen molar-refractivity contribution in [2.24, 2.45) is 0 Å². The van der Waals surface area contributed by atoms with E-state index in [1.807, 2.05) is 24.3 Å². The lowest BCUT2D eigenvalue weighted by Gasteiger charge is -2.25. The average Bonchev–Trinajstić information content (AvgIpc) is 2.36. The quantitative estimate of drug-likeness (QED) is 0.788. The van der Waals surface area contributed by atoms with Crippen LogP contribution in [0.2, 0.25) is 0 Å². The van der Waals surface area contributed by atoms with E-state index in [4.69, 9.17) is 0 Å². The van der Waals surface area contributed by atoms with Crippen molar-refractivity contribution in [1.29, 1.82) is 5.26 Å². The number of benzene rings is 1. The van der Waals surface area contributed by atoms with Crippen molar-refractivity contribution in [1.82, 2.24) is 4.90 Å². The summed E-state index contributed by atoms with van der Waals surface area (Å²) in [4.78, 5) is 2.23. The molecule has 0 fully saturated rings. The van der Waals surface area contributed by atoms with Crippen LogP contribution in [0.4, 0.5) is 0 Å². The molecule has 1 aromatic carbocycles. The number of hydrogen-bond donors (Lipinski definition) is 0. The highest BCUT2D eigenvalue weighted by atomic mass is 79.9. The Bertz CT molecular complexity index is 367. The maximum Gasteiger partial charge on any atom is 0.123 e. The summed E-state index contributed by atoms with van der Waals surface area (Å²) in [6.07, 6.45) is 2.30. The van der Waals surface area contributed by atoms with Crippen molar-refractivity contribution in [3.05, 3.63) is 34.3 Å². The molecule has 2 nitrogen and oxygen atoms in total. The molecule has 1 unspecified atom stereocenters. The number of nitrogens with zero attached hydrogens (tertiary/aromatic N) is 2. The van der Waals surface area contributed by atoms with E-state index in [2.05, 4.69) is 40.7 Å². The number of rotatable bonds is 6. The summed E-state index contributed by atoms with van der Waals surface area (Å²) in [7, 11) is 0. The van der Waals surface area contributed by atoms with E-state index in [0.29, 0.717) is 0 Å². The molecule has 0 N–H and O–H groups in total. The summed E-state index contributed by atoms with van der Waals surface area (Å²) in [5, 5.41) is 9.35. The Balaban J connectivity index is 2.82. The second-order valence-corrected chi connectivity index (χ2v) is 4.98. The molecule has 3 heteroatoms. The van der Waals surface area contributed by atoms with Gasteiger partial charge >= 0.3 is 0 Å². The molecule has 0 amide bonds. The van der Waals surface area contributed by atoms with Gasteiger partial charge in [0.15, 0.2) is 0 Å². The largest absolute Gasteiger partial charge is 0.285 e. The molecule has 92 valence electrons. The van der Waals surface area contributed by atoms with Crippen LogP contribution >= 0.6 is 15.9 Å². The van der Waals surface area contributed by atoms with Gasteiger partial charge in [-0.25, -0.2) is 0 Å². The third kappa shape index (κ3) is 4.14. The van der Waals surface area contributed by atoms with Crippen molar-refractivity contribution in [3.8, 4) is 6.07 Å². The first kappa shape index (κ1) is 14.2. The SMILES string of the molecule is CCCCN(CC)C(C#N)c1ccc(Br)cc1. The maximum absolute atomic E-state index is 9.35. The third-order valence-electron chi connectivity index (χ3n) is 2.88. The van der Waals surface area contributed by atoms with Crippen LogP contribution in [-0.2, 0) is 0 Å². The zero-order valence-corrected chi connectivity index (χ0v) is 12.1. The van der Waals surface area contributed by atoms with Crippen LogP contribution in [0.1, 0.15) is 38.3 Å². The second-order valence-electron chi connectivity index (χ2n) is 4.07. The standard InChI is InChI=1S/C14H19BrN2/c1-3-5-10-17(4-2)14(11-16)12-6-8-13(15)9-7-12/h6-9,14H,3-5,10H2,1-2H3. The Hall–Kier alpha value is -0.850. The zero-order valence-electron chi connectivity index (χ0n) is 10.5. The smallest absolute Gasteiger partial charge is 0.123 e. The van der Waals surface area contributed by atoms with E-state index in [9.17, 15) is 5.26 Å². The first-order valence-corrected chi connectivity index (χ1v) is 6.91. The lowest BCUT2D eigenvalue weighted by Crippen LogP contribution is -2.28. The fourth-order valence-corrected chi connectivity index (χ4v) is 2.11. The lowest BCUT2D eigenvalue weighted by molar-refractivity contribution is 0.245. The van der Waals surface area contributed by atoms with Crippen molar-refractivity contribution in [2.45, 2.75) is 32.7 Å². The predicted molar refractivity (Wildman–Crippen MR) is 74.7 cm³/mol. The molecular formula is C14H19BrN2. The molecule has 1 atom stereocenters. The zero-order chi connectivity index (χ0) is 12.7. The first-order chi connectivity index (χ1) is 8.22. The highest BCUT2D eigenvalue weighted by Crippen LogP contribution is 2.22. The Morgan fingerprint density at radius 2 is 1.94 bits per heavy atom. The Morgan fingerprint density at radius 1 is 1.29 bits per heavy atom. The minimum atomic E-state index is -0.125. The maximum atomic E-state index is 9.35. The fourth-order valence-electron chi connectivity index (χ4n) is 1.84. The summed E-state index contributed by atoms with van der Waals surface area (Å²) in [5.74, 6) is 0. The van der Waals surface area contributed by atoms with Crippen LogP contribution in [0.5, 0.6) is 0 Å². The van der Waals surface area contributed by atoms with Crippen molar-refractivity contribution >= 4 is 15.9 Å². The molecule has 0 saturated heterocycles. The summed E-state index contributed by atoms with van der Waals surface area (Å²) >= 11 is 3.42. The fraction of sp³-hybridized carbons (Fsp3) is 0.500. The monoisotopic (exact) mass is 294 g/mol. The molecule has 0 aromatic heterocycles. The van der Waals surface area contributed by atoms with E-state index in [1.54, 1.807) is 0 Å². The Kier molecular flexibility index (Phi) is 6.25. The first-order valence-electron chi connectivity index (χ1n) is 6.12. The Morgan fingerprint density at radius 3 is 2.41 bits per heavy atom. The van der Waals surface area contributed by atoms with Gasteiger partial charge in [-0.05, 0) is 37.2 Å². The molecule has 0 radical (unpaired) electrons. The highest BCUT2D eigenvalue weighted by molar-refractivity contribution is 9.10. The van der Waals surface area contributed by atoms with Gasteiger partial charge in [0.2, 0.25) is 0 Å². The topological polar surface area (TPSA) is 27.0 Å². The normalized spacial score (nSPS) is 12.4. The molecule has 1 aromatic rings. The molecule has 0 aliphatic rings. The number of halogens is 1. The van der Waals surface area contributed by atoms with E-state index in [0.717, 1.165) is 36.0 Å².